The minimum atomic E-state index is -0.631. The summed E-state index contributed by atoms with van der Waals surface area (Å²) in [6.07, 6.45) is 61.0. The van der Waals surface area contributed by atoms with Gasteiger partial charge >= 0.3 is 0 Å². The first-order valence-electron chi connectivity index (χ1n) is 51.0. The Balaban J connectivity index is 4.25. The maximum absolute atomic E-state index is 13.3. The lowest BCUT2D eigenvalue weighted by molar-refractivity contribution is -0.129. The van der Waals surface area contributed by atoms with Crippen LogP contribution in [0.5, 0.6) is 0 Å². The van der Waals surface area contributed by atoms with E-state index in [1.165, 1.54) is 0 Å². The molecule has 0 aromatic heterocycles. The van der Waals surface area contributed by atoms with Gasteiger partial charge in [-0.25, -0.2) is 0 Å². The smallest absolute Gasteiger partial charge is 0.242 e. The number of rotatable bonds is 95. The monoisotopic (exact) mass is 1770 g/mol. The largest absolute Gasteiger partial charge is 0.368 e. The number of carbonyl (C=O) groups excluding carboxylic acids is 11. The molecule has 0 fully saturated rings. The molecule has 0 aliphatic rings. The zero-order chi connectivity index (χ0) is 91.7. The summed E-state index contributed by atoms with van der Waals surface area (Å²) in [5, 5.41) is 30.0. The molecule has 6 unspecified atom stereocenters. The molecule has 0 aliphatic carbocycles. The fourth-order valence-corrected chi connectivity index (χ4v) is 15.7. The first-order valence-corrected chi connectivity index (χ1v) is 51.0. The van der Waals surface area contributed by atoms with Crippen LogP contribution >= 0.6 is 0 Å². The van der Waals surface area contributed by atoms with Gasteiger partial charge in [0, 0.05) is 64.8 Å². The third-order valence-corrected chi connectivity index (χ3v) is 23.7. The fraction of sp³-hybridized carbons (Fsp3) is 0.885. The van der Waals surface area contributed by atoms with Crippen molar-refractivity contribution in [2.24, 2.45) is 45.9 Å². The summed E-state index contributed by atoms with van der Waals surface area (Å²) < 4.78 is 0. The van der Waals surface area contributed by atoms with Gasteiger partial charge in [-0.2, -0.15) is 0 Å². The molecule has 0 aromatic carbocycles. The molecule has 29 heteroatoms. The topological polar surface area (TPSA) is 516 Å². The van der Waals surface area contributed by atoms with E-state index in [-0.39, 0.29) is 59.1 Å². The molecule has 0 rings (SSSR count). The Labute approximate surface area is 757 Å². The van der Waals surface area contributed by atoms with E-state index in [0.717, 1.165) is 366 Å². The summed E-state index contributed by atoms with van der Waals surface area (Å²) in [7, 11) is 0. The van der Waals surface area contributed by atoms with Crippen molar-refractivity contribution >= 4 is 65.0 Å². The summed E-state index contributed by atoms with van der Waals surface area (Å²) in [6.45, 7) is 6.31. The standard InChI is InChI=1S/C96H190N18O11/c97-69-47-41-58-80(103)92(121)105-75-53-31-21-11-1-7-17-27-37-65-87(116)111-82(60-43-49-71-99)94(123)107-77-55-33-23-13-3-9-19-29-39-67-89(118)113-84(62-45-51-73-101)96(125)109-79-57-35-25-15-5-10-20-30-40-68-90(119)114-85(63-46-52-74-102)95(124)108-78-56-34-24-14-4-8-18-28-38-66-88(117)112-83(61-44-50-72-100)93(122)106-76-54-32-22-12-2-6-16-26-36-64-86(115)110-81(91(104)120)59-42-48-70-98/h80-85H,1-79,97-103H2,(H2,104,120)(H,105,121)(H,106,122)(H,107,123)(H,108,124)(H,109,125)(H,110,115)(H,111,116)(H,112,117)(H,113,118)(H,114,119). The molecule has 11 amide bonds. The van der Waals surface area contributed by atoms with Crippen molar-refractivity contribution in [3.63, 3.8) is 0 Å². The van der Waals surface area contributed by atoms with Crippen LogP contribution < -0.4 is 99.0 Å². The maximum atomic E-state index is 13.3. The molecular weight excluding hydrogens is 1580 g/mol. The summed E-state index contributed by atoms with van der Waals surface area (Å²) in [5.41, 5.74) is 45.5. The van der Waals surface area contributed by atoms with E-state index >= 15 is 0 Å². The maximum Gasteiger partial charge on any atom is 0.242 e. The predicted molar refractivity (Wildman–Crippen MR) is 510 cm³/mol. The molecule has 0 bridgehead atoms. The summed E-state index contributed by atoms with van der Waals surface area (Å²) in [5.74, 6) is -1.54. The van der Waals surface area contributed by atoms with Crippen LogP contribution in [-0.4, -0.2) is 173 Å². The average molecular weight is 1770 g/mol. The molecule has 26 N–H and O–H groups in total. The Hall–Kier alpha value is -6.11. The summed E-state index contributed by atoms with van der Waals surface area (Å²) in [6, 6.07) is -3.31. The van der Waals surface area contributed by atoms with Crippen molar-refractivity contribution in [1.82, 2.24) is 53.2 Å². The molecule has 0 saturated heterocycles. The zero-order valence-corrected chi connectivity index (χ0v) is 78.9. The molecule has 0 saturated carbocycles. The van der Waals surface area contributed by atoms with Gasteiger partial charge in [-0.15, -0.1) is 0 Å². The van der Waals surface area contributed by atoms with Crippen LogP contribution in [0.25, 0.3) is 0 Å². The van der Waals surface area contributed by atoms with Gasteiger partial charge in [0.05, 0.1) is 6.04 Å². The number of amides is 11. The molecule has 0 aromatic rings. The van der Waals surface area contributed by atoms with Crippen molar-refractivity contribution in [3.8, 4) is 0 Å². The van der Waals surface area contributed by atoms with Crippen LogP contribution in [0.2, 0.25) is 0 Å². The number of nitrogens with two attached hydrogens (primary N) is 8. The molecule has 0 aliphatic heterocycles. The van der Waals surface area contributed by atoms with Crippen molar-refractivity contribution in [2.75, 3.05) is 72.0 Å². The van der Waals surface area contributed by atoms with E-state index in [1.54, 1.807) is 0 Å². The number of unbranched alkanes of at least 4 members (excludes halogenated alkanes) is 46. The van der Waals surface area contributed by atoms with Gasteiger partial charge in [0.2, 0.25) is 65.0 Å². The highest BCUT2D eigenvalue weighted by molar-refractivity contribution is 5.90. The molecule has 29 nitrogen and oxygen atoms in total. The van der Waals surface area contributed by atoms with Crippen LogP contribution in [0, 0.1) is 0 Å². The third-order valence-electron chi connectivity index (χ3n) is 23.7. The van der Waals surface area contributed by atoms with E-state index in [1.807, 2.05) is 0 Å². The lowest BCUT2D eigenvalue weighted by atomic mass is 10.0. The van der Waals surface area contributed by atoms with Crippen molar-refractivity contribution < 1.29 is 52.7 Å². The number of hydrogen-bond acceptors (Lipinski definition) is 18. The van der Waals surface area contributed by atoms with Crippen LogP contribution in [0.3, 0.4) is 0 Å². The Morgan fingerprint density at radius 1 is 0.176 bits per heavy atom. The molecule has 730 valence electrons. The number of primary amides is 1. The number of hydrogen-bond donors (Lipinski definition) is 18. The van der Waals surface area contributed by atoms with Gasteiger partial charge in [-0.1, -0.05) is 231 Å². The first kappa shape index (κ1) is 119. The van der Waals surface area contributed by atoms with E-state index in [0.29, 0.717) is 143 Å². The lowest BCUT2D eigenvalue weighted by Crippen LogP contribution is -2.47. The first-order chi connectivity index (χ1) is 60.9. The highest BCUT2D eigenvalue weighted by Gasteiger charge is 2.25. The van der Waals surface area contributed by atoms with Crippen LogP contribution in [-0.2, 0) is 52.7 Å². The molecule has 0 radical (unpaired) electrons. The molecule has 0 heterocycles. The summed E-state index contributed by atoms with van der Waals surface area (Å²) >= 11 is 0. The van der Waals surface area contributed by atoms with E-state index in [2.05, 4.69) is 53.2 Å². The van der Waals surface area contributed by atoms with E-state index < -0.39 is 42.2 Å². The Bertz CT molecular complexity index is 2650. The van der Waals surface area contributed by atoms with Gasteiger partial charge < -0.3 is 99.0 Å². The predicted octanol–water partition coefficient (Wildman–Crippen LogP) is 12.1. The molecular formula is C96H190N18O11. The number of carbonyl (C=O) groups is 11. The Kier molecular flexibility index (Phi) is 85.5. The van der Waals surface area contributed by atoms with Crippen LogP contribution in [0.4, 0.5) is 0 Å². The zero-order valence-electron chi connectivity index (χ0n) is 78.9. The van der Waals surface area contributed by atoms with Crippen molar-refractivity contribution in [3.05, 3.63) is 0 Å². The lowest BCUT2D eigenvalue weighted by Gasteiger charge is -2.18. The Morgan fingerprint density at radius 3 is 0.512 bits per heavy atom. The second kappa shape index (κ2) is 89.9. The normalized spacial score (nSPS) is 12.8. The second-order valence-electron chi connectivity index (χ2n) is 35.4. The van der Waals surface area contributed by atoms with Gasteiger partial charge in [0.1, 0.15) is 30.2 Å². The summed E-state index contributed by atoms with van der Waals surface area (Å²) in [4.78, 5) is 141. The van der Waals surface area contributed by atoms with Gasteiger partial charge in [0.25, 0.3) is 0 Å². The van der Waals surface area contributed by atoms with Crippen LogP contribution in [0.1, 0.15) is 437 Å². The van der Waals surface area contributed by atoms with Crippen LogP contribution in [0.15, 0.2) is 0 Å². The fourth-order valence-electron chi connectivity index (χ4n) is 15.7. The minimum absolute atomic E-state index is 0.0710. The van der Waals surface area contributed by atoms with Gasteiger partial charge in [-0.05, 0) is 213 Å². The van der Waals surface area contributed by atoms with Crippen molar-refractivity contribution in [2.45, 2.75) is 473 Å². The van der Waals surface area contributed by atoms with Gasteiger partial charge in [-0.3, -0.25) is 52.7 Å². The SMILES string of the molecule is NCCCCC(N)C(=O)NCCCCCCCCCCCC(=O)NC(CCCCN)C(=O)NCCCCCCCCCCCC(=O)NC(CCCCN)C(=O)NCCCCCCCCCCCC(=O)NC(CCCCN)C(=O)NCCCCCCCCCCCC(=O)NC(CCCCN)C(=O)NCCCCCCCCCCCC(=O)NC(CCCCN)C(N)=O. The Morgan fingerprint density at radius 2 is 0.328 bits per heavy atom. The van der Waals surface area contributed by atoms with Gasteiger partial charge in [0.15, 0.2) is 0 Å². The second-order valence-corrected chi connectivity index (χ2v) is 35.4. The minimum Gasteiger partial charge on any atom is -0.368 e. The average Bonchev–Trinajstić information content (AvgIpc) is 0.954. The van der Waals surface area contributed by atoms with E-state index in [4.69, 9.17) is 45.9 Å². The molecule has 125 heavy (non-hydrogen) atoms. The molecule has 6 atom stereocenters. The quantitative estimate of drug-likeness (QED) is 0.0252. The third kappa shape index (κ3) is 77.5. The molecule has 0 spiro atoms. The van der Waals surface area contributed by atoms with E-state index in [9.17, 15) is 52.7 Å². The van der Waals surface area contributed by atoms with Crippen molar-refractivity contribution in [1.29, 1.82) is 0 Å². The highest BCUT2D eigenvalue weighted by atomic mass is 16.2. The number of nitrogens with one attached hydrogen (secondary N) is 10. The highest BCUT2D eigenvalue weighted by Crippen LogP contribution is 2.19.